The number of aryl methyl sites for hydroxylation is 2. The molecule has 0 aromatic carbocycles. The van der Waals surface area contributed by atoms with E-state index in [1.54, 1.807) is 0 Å². The number of pyridine rings is 2. The number of hydrogen-bond acceptors (Lipinski definition) is 4. The number of nitrogens with zero attached hydrogens (tertiary/aromatic N) is 4. The second-order valence-corrected chi connectivity index (χ2v) is 5.66. The minimum absolute atomic E-state index is 0.0533. The summed E-state index contributed by atoms with van der Waals surface area (Å²) in [7, 11) is 0. The molecule has 3 rings (SSSR count). The van der Waals surface area contributed by atoms with Gasteiger partial charge in [-0.2, -0.15) is 36.1 Å². The Morgan fingerprint density at radius 2 is 1.65 bits per heavy atom. The number of rotatable bonds is 1. The smallest absolute Gasteiger partial charge is 0.383 e. The predicted octanol–water partition coefficient (Wildman–Crippen LogP) is 4.05. The van der Waals surface area contributed by atoms with Gasteiger partial charge in [0.1, 0.15) is 5.82 Å². The Balaban J connectivity index is 2.26. The van der Waals surface area contributed by atoms with Crippen molar-refractivity contribution in [2.75, 3.05) is 5.73 Å². The molecule has 0 aliphatic rings. The summed E-state index contributed by atoms with van der Waals surface area (Å²) in [6.45, 7) is 2.70. The first-order valence-electron chi connectivity index (χ1n) is 7.17. The lowest BCUT2D eigenvalue weighted by Crippen LogP contribution is -2.12. The van der Waals surface area contributed by atoms with E-state index in [1.807, 2.05) is 0 Å². The zero-order valence-corrected chi connectivity index (χ0v) is 13.4. The number of fused-ring (bicyclic) bond motifs is 1. The maximum Gasteiger partial charge on any atom is 0.434 e. The van der Waals surface area contributed by atoms with Gasteiger partial charge >= 0.3 is 12.4 Å². The Labute approximate surface area is 142 Å². The van der Waals surface area contributed by atoms with Crippen molar-refractivity contribution in [2.45, 2.75) is 26.2 Å². The Bertz CT molecular complexity index is 1000. The van der Waals surface area contributed by atoms with Crippen LogP contribution < -0.4 is 5.73 Å². The highest BCUT2D eigenvalue weighted by Crippen LogP contribution is 2.37. The Kier molecular flexibility index (Phi) is 3.85. The van der Waals surface area contributed by atoms with E-state index >= 15 is 0 Å². The normalized spacial score (nSPS) is 12.8. The van der Waals surface area contributed by atoms with E-state index in [4.69, 9.17) is 5.73 Å². The molecule has 0 aliphatic heterocycles. The lowest BCUT2D eigenvalue weighted by molar-refractivity contribution is -0.140. The quantitative estimate of drug-likeness (QED) is 0.652. The van der Waals surface area contributed by atoms with Crippen molar-refractivity contribution in [2.24, 2.45) is 0 Å². The monoisotopic (exact) mass is 375 g/mol. The van der Waals surface area contributed by atoms with Crippen LogP contribution >= 0.6 is 0 Å². The lowest BCUT2D eigenvalue weighted by Gasteiger charge is -2.11. The number of hydrogen-bond donors (Lipinski definition) is 1. The zero-order valence-electron chi connectivity index (χ0n) is 13.4. The van der Waals surface area contributed by atoms with Gasteiger partial charge in [-0.1, -0.05) is 0 Å². The molecule has 0 spiro atoms. The van der Waals surface area contributed by atoms with Gasteiger partial charge in [0.05, 0.1) is 16.5 Å². The Morgan fingerprint density at radius 3 is 2.19 bits per heavy atom. The molecule has 3 aromatic rings. The van der Waals surface area contributed by atoms with Crippen LogP contribution in [0.3, 0.4) is 0 Å². The highest BCUT2D eigenvalue weighted by atomic mass is 19.4. The molecule has 0 saturated carbocycles. The SMILES string of the molecule is Cc1cc2nn(-c3ncc(C(F)(F)F)cc3C)c(N)c2c(C(F)(F)F)n1. The fourth-order valence-electron chi connectivity index (χ4n) is 2.57. The van der Waals surface area contributed by atoms with E-state index in [1.165, 1.54) is 19.9 Å². The highest BCUT2D eigenvalue weighted by molar-refractivity contribution is 5.92. The third-order valence-electron chi connectivity index (χ3n) is 3.67. The third-order valence-corrected chi connectivity index (χ3v) is 3.67. The molecule has 0 atom stereocenters. The first-order chi connectivity index (χ1) is 11.9. The molecule has 0 fully saturated rings. The van der Waals surface area contributed by atoms with Gasteiger partial charge in [-0.05, 0) is 31.5 Å². The topological polar surface area (TPSA) is 69.6 Å². The van der Waals surface area contributed by atoms with Gasteiger partial charge in [-0.25, -0.2) is 9.97 Å². The predicted molar refractivity (Wildman–Crippen MR) is 80.6 cm³/mol. The summed E-state index contributed by atoms with van der Waals surface area (Å²) >= 11 is 0. The first kappa shape index (κ1) is 18.0. The largest absolute Gasteiger partial charge is 0.434 e. The minimum Gasteiger partial charge on any atom is -0.383 e. The van der Waals surface area contributed by atoms with Gasteiger partial charge in [-0.15, -0.1) is 0 Å². The summed E-state index contributed by atoms with van der Waals surface area (Å²) in [4.78, 5) is 7.17. The number of alkyl halides is 6. The van der Waals surface area contributed by atoms with Gasteiger partial charge in [-0.3, -0.25) is 0 Å². The van der Waals surface area contributed by atoms with Crippen molar-refractivity contribution in [1.29, 1.82) is 0 Å². The molecule has 2 N–H and O–H groups in total. The van der Waals surface area contributed by atoms with E-state index in [2.05, 4.69) is 15.1 Å². The lowest BCUT2D eigenvalue weighted by atomic mass is 10.2. The summed E-state index contributed by atoms with van der Waals surface area (Å²) in [5.74, 6) is -0.507. The van der Waals surface area contributed by atoms with Crippen LogP contribution in [0.25, 0.3) is 16.7 Å². The summed E-state index contributed by atoms with van der Waals surface area (Å²) < 4.78 is 78.9. The minimum atomic E-state index is -4.77. The van der Waals surface area contributed by atoms with E-state index in [0.717, 1.165) is 10.7 Å². The average Bonchev–Trinajstić information content (AvgIpc) is 2.81. The molecule has 3 aromatic heterocycles. The molecular formula is C15H11F6N5. The third kappa shape index (κ3) is 2.93. The summed E-state index contributed by atoms with van der Waals surface area (Å²) in [5, 5.41) is 3.55. The highest BCUT2D eigenvalue weighted by Gasteiger charge is 2.37. The molecule has 0 aliphatic carbocycles. The maximum atomic E-state index is 13.3. The zero-order chi connectivity index (χ0) is 19.4. The van der Waals surface area contributed by atoms with Crippen LogP contribution in [0.15, 0.2) is 18.3 Å². The van der Waals surface area contributed by atoms with Crippen LogP contribution in [0.1, 0.15) is 22.5 Å². The van der Waals surface area contributed by atoms with Crippen LogP contribution in [0, 0.1) is 13.8 Å². The molecule has 0 saturated heterocycles. The number of nitrogen functional groups attached to an aromatic ring is 1. The average molecular weight is 375 g/mol. The molecule has 0 unspecified atom stereocenters. The van der Waals surface area contributed by atoms with E-state index in [9.17, 15) is 26.3 Å². The second-order valence-electron chi connectivity index (χ2n) is 5.66. The molecule has 11 heteroatoms. The van der Waals surface area contributed by atoms with Crippen LogP contribution in [0.4, 0.5) is 32.2 Å². The molecule has 5 nitrogen and oxygen atoms in total. The Morgan fingerprint density at radius 1 is 1.00 bits per heavy atom. The van der Waals surface area contributed by atoms with Crippen molar-refractivity contribution in [1.82, 2.24) is 19.7 Å². The number of halogens is 6. The van der Waals surface area contributed by atoms with Gasteiger partial charge < -0.3 is 5.73 Å². The molecule has 0 radical (unpaired) electrons. The van der Waals surface area contributed by atoms with Crippen LogP contribution in [-0.4, -0.2) is 19.7 Å². The van der Waals surface area contributed by atoms with E-state index in [-0.39, 0.29) is 22.6 Å². The molecule has 0 bridgehead atoms. The van der Waals surface area contributed by atoms with Crippen molar-refractivity contribution in [3.05, 3.63) is 40.8 Å². The molecule has 138 valence electrons. The molecule has 0 amide bonds. The van der Waals surface area contributed by atoms with Gasteiger partial charge in [0, 0.05) is 11.9 Å². The fraction of sp³-hybridized carbons (Fsp3) is 0.267. The fourth-order valence-corrected chi connectivity index (χ4v) is 2.57. The van der Waals surface area contributed by atoms with Crippen molar-refractivity contribution in [3.8, 4) is 5.82 Å². The standard InChI is InChI=1S/C15H11F6N5/c1-6-3-8(14(16,17)18)5-23-13(6)26-12(22)10-9(25-26)4-7(2)24-11(10)15(19,20)21/h3-5H,22H2,1-2H3. The number of aromatic nitrogens is 4. The number of nitrogens with two attached hydrogens (primary N) is 1. The summed E-state index contributed by atoms with van der Waals surface area (Å²) in [5.41, 5.74) is 3.67. The van der Waals surface area contributed by atoms with Crippen LogP contribution in [0.5, 0.6) is 0 Å². The first-order valence-corrected chi connectivity index (χ1v) is 7.17. The van der Waals surface area contributed by atoms with Gasteiger partial charge in [0.15, 0.2) is 11.5 Å². The van der Waals surface area contributed by atoms with Crippen molar-refractivity contribution >= 4 is 16.7 Å². The van der Waals surface area contributed by atoms with Crippen LogP contribution in [0.2, 0.25) is 0 Å². The summed E-state index contributed by atoms with van der Waals surface area (Å²) in [6.07, 6.45) is -8.79. The van der Waals surface area contributed by atoms with Crippen LogP contribution in [-0.2, 0) is 12.4 Å². The molecular weight excluding hydrogens is 364 g/mol. The Hall–Kier alpha value is -2.85. The summed E-state index contributed by atoms with van der Waals surface area (Å²) in [6, 6.07) is 2.12. The molecule has 26 heavy (non-hydrogen) atoms. The van der Waals surface area contributed by atoms with Crippen molar-refractivity contribution in [3.63, 3.8) is 0 Å². The van der Waals surface area contributed by atoms with E-state index < -0.39 is 34.8 Å². The van der Waals surface area contributed by atoms with Gasteiger partial charge in [0.25, 0.3) is 0 Å². The number of anilines is 1. The molecule has 3 heterocycles. The van der Waals surface area contributed by atoms with Crippen molar-refractivity contribution < 1.29 is 26.3 Å². The van der Waals surface area contributed by atoms with Gasteiger partial charge in [0.2, 0.25) is 0 Å². The second kappa shape index (κ2) is 5.58. The maximum absolute atomic E-state index is 13.3. The van der Waals surface area contributed by atoms with E-state index in [0.29, 0.717) is 6.20 Å².